The van der Waals surface area contributed by atoms with E-state index in [9.17, 15) is 14.0 Å². The van der Waals surface area contributed by atoms with Crippen LogP contribution in [-0.2, 0) is 4.79 Å². The van der Waals surface area contributed by atoms with Gasteiger partial charge in [0.05, 0.1) is 17.5 Å². The highest BCUT2D eigenvalue weighted by molar-refractivity contribution is 7.99. The molecular weight excluding hydrogens is 457 g/mol. The molecule has 0 aliphatic carbocycles. The van der Waals surface area contributed by atoms with Crippen LogP contribution in [0.25, 0.3) is 16.7 Å². The summed E-state index contributed by atoms with van der Waals surface area (Å²) in [6.45, 7) is 3.37. The Morgan fingerprint density at radius 2 is 1.85 bits per heavy atom. The fourth-order valence-corrected chi connectivity index (χ4v) is 4.19. The van der Waals surface area contributed by atoms with Crippen LogP contribution in [0.3, 0.4) is 0 Å². The third-order valence-corrected chi connectivity index (χ3v) is 6.33. The lowest BCUT2D eigenvalue weighted by molar-refractivity contribution is -0.113. The maximum Gasteiger partial charge on any atom is 0.234 e. The Balaban J connectivity index is 1.59. The molecule has 1 atom stereocenters. The smallest absolute Gasteiger partial charge is 0.234 e. The molecule has 0 fully saturated rings. The summed E-state index contributed by atoms with van der Waals surface area (Å²) in [5, 5.41) is 12.6. The number of nitrogens with zero attached hydrogens (tertiary/aromatic N) is 4. The van der Waals surface area contributed by atoms with Gasteiger partial charge in [-0.1, -0.05) is 23.9 Å². The van der Waals surface area contributed by atoms with Crippen molar-refractivity contribution in [3.8, 4) is 5.69 Å². The average molecular weight is 482 g/mol. The summed E-state index contributed by atoms with van der Waals surface area (Å²) in [5.41, 5.74) is 1.57. The second-order valence-corrected chi connectivity index (χ2v) is 8.93. The molecular formula is C24H24FN5O3S. The maximum absolute atomic E-state index is 13.5. The number of halogens is 1. The van der Waals surface area contributed by atoms with E-state index in [4.69, 9.17) is 4.42 Å². The van der Waals surface area contributed by atoms with Crippen molar-refractivity contribution in [1.82, 2.24) is 19.7 Å². The Labute approximate surface area is 200 Å². The molecule has 0 spiro atoms. The van der Waals surface area contributed by atoms with E-state index in [-0.39, 0.29) is 35.1 Å². The molecule has 1 unspecified atom stereocenters. The topological polar surface area (TPSA) is 93.3 Å². The zero-order valence-corrected chi connectivity index (χ0v) is 20.0. The van der Waals surface area contributed by atoms with Crippen LogP contribution in [0.2, 0.25) is 0 Å². The molecule has 8 nitrogen and oxygen atoms in total. The Morgan fingerprint density at radius 3 is 2.53 bits per heavy atom. The highest BCUT2D eigenvalue weighted by Gasteiger charge is 2.23. The van der Waals surface area contributed by atoms with Crippen LogP contribution in [0, 0.1) is 5.82 Å². The molecule has 0 saturated heterocycles. The van der Waals surface area contributed by atoms with E-state index in [1.54, 1.807) is 30.3 Å². The monoisotopic (exact) mass is 481 g/mol. The lowest BCUT2D eigenvalue weighted by atomic mass is 10.2. The summed E-state index contributed by atoms with van der Waals surface area (Å²) in [6, 6.07) is 13.1. The SMILES string of the molecule is CC(=O)c1oc2ccccc2c1NC(=O)CSc1nnc(C(C)N(C)C)n1-c1ccc(F)cc1. The quantitative estimate of drug-likeness (QED) is 0.288. The Kier molecular flexibility index (Phi) is 6.80. The second-order valence-electron chi connectivity index (χ2n) is 7.99. The number of furan rings is 1. The molecule has 10 heteroatoms. The number of ketones is 1. The van der Waals surface area contributed by atoms with Gasteiger partial charge in [0.15, 0.2) is 22.5 Å². The lowest BCUT2D eigenvalue weighted by Crippen LogP contribution is -2.21. The number of carbonyl (C=O) groups is 2. The molecule has 0 saturated carbocycles. The zero-order chi connectivity index (χ0) is 24.4. The minimum Gasteiger partial charge on any atom is -0.451 e. The highest BCUT2D eigenvalue weighted by Crippen LogP contribution is 2.32. The van der Waals surface area contributed by atoms with E-state index >= 15 is 0 Å². The Morgan fingerprint density at radius 1 is 1.15 bits per heavy atom. The van der Waals surface area contributed by atoms with Gasteiger partial charge < -0.3 is 9.73 Å². The number of thioether (sulfide) groups is 1. The number of hydrogen-bond acceptors (Lipinski definition) is 7. The minimum absolute atomic E-state index is 0.0204. The van der Waals surface area contributed by atoms with Crippen LogP contribution in [0.15, 0.2) is 58.1 Å². The molecule has 4 rings (SSSR count). The lowest BCUT2D eigenvalue weighted by Gasteiger charge is -2.20. The molecule has 4 aromatic rings. The van der Waals surface area contributed by atoms with Gasteiger partial charge in [-0.25, -0.2) is 4.39 Å². The Hall–Kier alpha value is -3.50. The van der Waals surface area contributed by atoms with E-state index in [2.05, 4.69) is 15.5 Å². The second kappa shape index (κ2) is 9.78. The van der Waals surface area contributed by atoms with Crippen LogP contribution in [0.5, 0.6) is 0 Å². The first-order chi connectivity index (χ1) is 16.3. The van der Waals surface area contributed by atoms with Gasteiger partial charge in [-0.05, 0) is 57.4 Å². The highest BCUT2D eigenvalue weighted by atomic mass is 32.2. The summed E-state index contributed by atoms with van der Waals surface area (Å²) in [4.78, 5) is 26.9. The maximum atomic E-state index is 13.5. The van der Waals surface area contributed by atoms with Crippen LogP contribution in [0.4, 0.5) is 10.1 Å². The van der Waals surface area contributed by atoms with Crippen molar-refractivity contribution in [3.63, 3.8) is 0 Å². The fourth-order valence-electron chi connectivity index (χ4n) is 3.43. The molecule has 0 radical (unpaired) electrons. The van der Waals surface area contributed by atoms with Crippen LogP contribution in [0.1, 0.15) is 36.3 Å². The number of hydrogen-bond donors (Lipinski definition) is 1. The number of aromatic nitrogens is 3. The molecule has 2 aromatic heterocycles. The molecule has 0 aliphatic heterocycles. The summed E-state index contributed by atoms with van der Waals surface area (Å²) in [5.74, 6) is -0.156. The zero-order valence-electron chi connectivity index (χ0n) is 19.2. The van der Waals surface area contributed by atoms with E-state index in [0.29, 0.717) is 33.3 Å². The first-order valence-corrected chi connectivity index (χ1v) is 11.6. The van der Waals surface area contributed by atoms with Gasteiger partial charge >= 0.3 is 0 Å². The summed E-state index contributed by atoms with van der Waals surface area (Å²) >= 11 is 1.20. The fraction of sp³-hybridized carbons (Fsp3) is 0.250. The van der Waals surface area contributed by atoms with Crippen molar-refractivity contribution < 1.29 is 18.4 Å². The van der Waals surface area contributed by atoms with Crippen molar-refractivity contribution in [2.24, 2.45) is 0 Å². The molecule has 0 aliphatic rings. The van der Waals surface area contributed by atoms with E-state index in [1.165, 1.54) is 30.8 Å². The summed E-state index contributed by atoms with van der Waals surface area (Å²) < 4.78 is 21.0. The number of carbonyl (C=O) groups excluding carboxylic acids is 2. The third kappa shape index (κ3) is 4.73. The molecule has 1 amide bonds. The normalized spacial score (nSPS) is 12.3. The number of rotatable bonds is 8. The molecule has 34 heavy (non-hydrogen) atoms. The van der Waals surface area contributed by atoms with Crippen LogP contribution < -0.4 is 5.32 Å². The number of fused-ring (bicyclic) bond motifs is 1. The van der Waals surface area contributed by atoms with E-state index in [0.717, 1.165) is 0 Å². The van der Waals surface area contributed by atoms with Crippen molar-refractivity contribution in [1.29, 1.82) is 0 Å². The predicted octanol–water partition coefficient (Wildman–Crippen LogP) is 4.71. The van der Waals surface area contributed by atoms with Gasteiger partial charge in [0.1, 0.15) is 11.4 Å². The average Bonchev–Trinajstić information content (AvgIpc) is 3.39. The van der Waals surface area contributed by atoms with Gasteiger partial charge in [-0.3, -0.25) is 19.1 Å². The van der Waals surface area contributed by atoms with Crippen molar-refractivity contribution in [3.05, 3.63) is 65.9 Å². The van der Waals surface area contributed by atoms with E-state index in [1.807, 2.05) is 36.6 Å². The molecule has 2 heterocycles. The third-order valence-electron chi connectivity index (χ3n) is 5.40. The van der Waals surface area contributed by atoms with E-state index < -0.39 is 0 Å². The summed E-state index contributed by atoms with van der Waals surface area (Å²) in [6.07, 6.45) is 0. The molecule has 1 N–H and O–H groups in total. The number of amides is 1. The largest absolute Gasteiger partial charge is 0.451 e. The van der Waals surface area contributed by atoms with Crippen molar-refractivity contribution in [2.45, 2.75) is 25.0 Å². The predicted molar refractivity (Wildman–Crippen MR) is 129 cm³/mol. The summed E-state index contributed by atoms with van der Waals surface area (Å²) in [7, 11) is 3.85. The first kappa shape index (κ1) is 23.7. The van der Waals surface area contributed by atoms with Crippen molar-refractivity contribution >= 4 is 40.1 Å². The van der Waals surface area contributed by atoms with Gasteiger partial charge in [0, 0.05) is 18.0 Å². The van der Waals surface area contributed by atoms with Crippen LogP contribution >= 0.6 is 11.8 Å². The Bertz CT molecular complexity index is 1350. The number of nitrogens with one attached hydrogen (secondary N) is 1. The molecule has 176 valence electrons. The number of para-hydroxylation sites is 1. The standard InChI is InChI=1S/C24H24FN5O3S/c1-14(29(3)4)23-27-28-24(30(23)17-11-9-16(25)10-12-17)34-13-20(32)26-21-18-7-5-6-8-19(18)33-22(21)15(2)31/h5-12,14H,13H2,1-4H3,(H,26,32). The van der Waals surface area contributed by atoms with Gasteiger partial charge in [0.2, 0.25) is 5.91 Å². The minimum atomic E-state index is -0.346. The molecule has 2 aromatic carbocycles. The van der Waals surface area contributed by atoms with Gasteiger partial charge in [0.25, 0.3) is 0 Å². The van der Waals surface area contributed by atoms with Crippen LogP contribution in [-0.4, -0.2) is 51.2 Å². The number of benzene rings is 2. The number of Topliss-reactive ketones (excluding diaryl/α,β-unsaturated/α-hetero) is 1. The van der Waals surface area contributed by atoms with Gasteiger partial charge in [-0.15, -0.1) is 10.2 Å². The van der Waals surface area contributed by atoms with Gasteiger partial charge in [-0.2, -0.15) is 0 Å². The first-order valence-electron chi connectivity index (χ1n) is 10.6. The molecule has 0 bridgehead atoms. The van der Waals surface area contributed by atoms with Crippen molar-refractivity contribution in [2.75, 3.05) is 25.2 Å². The number of anilines is 1.